The summed E-state index contributed by atoms with van der Waals surface area (Å²) in [7, 11) is 3.10. The third-order valence-corrected chi connectivity index (χ3v) is 3.34. The first-order valence-corrected chi connectivity index (χ1v) is 7.28. The highest BCUT2D eigenvalue weighted by Crippen LogP contribution is 2.27. The number of hydrogen-bond donors (Lipinski definition) is 1. The molecule has 2 rings (SSSR count). The summed E-state index contributed by atoms with van der Waals surface area (Å²) in [6, 6.07) is 3.68. The average Bonchev–Trinajstić information content (AvgIpc) is 2.53. The summed E-state index contributed by atoms with van der Waals surface area (Å²) in [4.78, 5) is 13.1. The van der Waals surface area contributed by atoms with Crippen LogP contribution in [0.1, 0.15) is 24.4 Å². The minimum atomic E-state index is -0.198. The normalized spacial score (nSPS) is 12.0. The van der Waals surface area contributed by atoms with E-state index in [2.05, 4.69) is 36.2 Å². The average molecular weight is 353 g/mol. The number of nitrogens with one attached hydrogen (secondary N) is 1. The Hall–Kier alpha value is -1.73. The summed E-state index contributed by atoms with van der Waals surface area (Å²) in [6.07, 6.45) is 3.32. The van der Waals surface area contributed by atoms with E-state index in [9.17, 15) is 0 Å². The van der Waals surface area contributed by atoms with Crippen LogP contribution in [-0.4, -0.2) is 35.7 Å². The molecule has 0 aliphatic heterocycles. The van der Waals surface area contributed by atoms with Gasteiger partial charge in [-0.1, -0.05) is 6.92 Å². The zero-order chi connectivity index (χ0) is 15.2. The molecular formula is C14H17BrN4O2. The molecular weight excluding hydrogens is 336 g/mol. The lowest BCUT2D eigenvalue weighted by Gasteiger charge is -2.18. The van der Waals surface area contributed by atoms with Crippen molar-refractivity contribution in [2.45, 2.75) is 13.0 Å². The molecule has 6 nitrogen and oxygen atoms in total. The molecule has 0 aliphatic carbocycles. The number of aromatic nitrogens is 3. The van der Waals surface area contributed by atoms with Crippen LogP contribution in [-0.2, 0) is 0 Å². The van der Waals surface area contributed by atoms with Crippen LogP contribution in [0.2, 0.25) is 0 Å². The van der Waals surface area contributed by atoms with Gasteiger partial charge in [-0.15, -0.1) is 0 Å². The molecule has 0 saturated carbocycles. The number of hydrogen-bond acceptors (Lipinski definition) is 6. The predicted molar refractivity (Wildman–Crippen MR) is 82.6 cm³/mol. The molecule has 1 N–H and O–H groups in total. The SMILES string of the molecule is CCNC(c1ccc(Br)cn1)c1ncc(OC)nc1OC. The van der Waals surface area contributed by atoms with Gasteiger partial charge in [0, 0.05) is 10.7 Å². The van der Waals surface area contributed by atoms with Crippen LogP contribution in [0.25, 0.3) is 0 Å². The summed E-state index contributed by atoms with van der Waals surface area (Å²) in [6.45, 7) is 2.79. The quantitative estimate of drug-likeness (QED) is 0.860. The van der Waals surface area contributed by atoms with Gasteiger partial charge < -0.3 is 14.8 Å². The monoisotopic (exact) mass is 352 g/mol. The molecule has 0 aromatic carbocycles. The molecule has 1 atom stereocenters. The van der Waals surface area contributed by atoms with Crippen molar-refractivity contribution in [3.05, 3.63) is 40.4 Å². The van der Waals surface area contributed by atoms with Crippen molar-refractivity contribution in [3.8, 4) is 11.8 Å². The fourth-order valence-electron chi connectivity index (χ4n) is 1.92. The lowest BCUT2D eigenvalue weighted by Crippen LogP contribution is -2.24. The summed E-state index contributed by atoms with van der Waals surface area (Å²) in [5.41, 5.74) is 1.52. The summed E-state index contributed by atoms with van der Waals surface area (Å²) >= 11 is 3.38. The second-order valence-corrected chi connectivity index (χ2v) is 5.11. The number of pyridine rings is 1. The maximum absolute atomic E-state index is 5.33. The molecule has 0 spiro atoms. The van der Waals surface area contributed by atoms with E-state index in [1.807, 2.05) is 19.1 Å². The molecule has 2 heterocycles. The molecule has 0 bridgehead atoms. The van der Waals surface area contributed by atoms with Crippen LogP contribution in [0.4, 0.5) is 0 Å². The smallest absolute Gasteiger partial charge is 0.240 e. The number of halogens is 1. The van der Waals surface area contributed by atoms with Crippen molar-refractivity contribution >= 4 is 15.9 Å². The highest BCUT2D eigenvalue weighted by atomic mass is 79.9. The Balaban J connectivity index is 2.44. The van der Waals surface area contributed by atoms with E-state index < -0.39 is 0 Å². The standard InChI is InChI=1S/C14H17BrN4O2/c1-4-16-12(10-6-5-9(15)7-17-10)13-14(21-3)19-11(20-2)8-18-13/h5-8,12,16H,4H2,1-3H3. The highest BCUT2D eigenvalue weighted by molar-refractivity contribution is 9.10. The van der Waals surface area contributed by atoms with E-state index in [4.69, 9.17) is 9.47 Å². The third-order valence-electron chi connectivity index (χ3n) is 2.88. The fraction of sp³-hybridized carbons (Fsp3) is 0.357. The fourth-order valence-corrected chi connectivity index (χ4v) is 2.15. The van der Waals surface area contributed by atoms with E-state index in [1.165, 1.54) is 0 Å². The Morgan fingerprint density at radius 1 is 1.19 bits per heavy atom. The second kappa shape index (κ2) is 7.33. The minimum Gasteiger partial charge on any atom is -0.480 e. The van der Waals surface area contributed by atoms with Crippen LogP contribution in [0, 0.1) is 0 Å². The van der Waals surface area contributed by atoms with Gasteiger partial charge in [-0.25, -0.2) is 4.98 Å². The van der Waals surface area contributed by atoms with Gasteiger partial charge in [-0.3, -0.25) is 4.98 Å². The zero-order valence-electron chi connectivity index (χ0n) is 12.1. The zero-order valence-corrected chi connectivity index (χ0v) is 13.7. The van der Waals surface area contributed by atoms with Crippen LogP contribution in [0.15, 0.2) is 29.0 Å². The van der Waals surface area contributed by atoms with E-state index in [0.29, 0.717) is 17.5 Å². The Kier molecular flexibility index (Phi) is 5.46. The number of rotatable bonds is 6. The minimum absolute atomic E-state index is 0.198. The van der Waals surface area contributed by atoms with E-state index in [-0.39, 0.29) is 6.04 Å². The largest absolute Gasteiger partial charge is 0.480 e. The highest BCUT2D eigenvalue weighted by Gasteiger charge is 2.22. The maximum Gasteiger partial charge on any atom is 0.240 e. The Bertz CT molecular complexity index is 592. The molecule has 0 aliphatic rings. The van der Waals surface area contributed by atoms with Crippen molar-refractivity contribution in [2.24, 2.45) is 0 Å². The predicted octanol–water partition coefficient (Wildman–Crippen LogP) is 2.35. The van der Waals surface area contributed by atoms with Gasteiger partial charge in [-0.05, 0) is 34.6 Å². The van der Waals surface area contributed by atoms with E-state index in [1.54, 1.807) is 26.6 Å². The lowest BCUT2D eigenvalue weighted by atomic mass is 10.1. The Morgan fingerprint density at radius 3 is 2.57 bits per heavy atom. The topological polar surface area (TPSA) is 69.2 Å². The molecule has 0 radical (unpaired) electrons. The van der Waals surface area contributed by atoms with Crippen LogP contribution in [0.5, 0.6) is 11.8 Å². The molecule has 0 fully saturated rings. The Morgan fingerprint density at radius 2 is 2.00 bits per heavy atom. The maximum atomic E-state index is 5.33. The summed E-state index contributed by atoms with van der Waals surface area (Å²) in [5, 5.41) is 3.35. The molecule has 0 amide bonds. The Labute approximate surface area is 132 Å². The number of methoxy groups -OCH3 is 2. The second-order valence-electron chi connectivity index (χ2n) is 4.20. The van der Waals surface area contributed by atoms with Gasteiger partial charge in [0.25, 0.3) is 0 Å². The molecule has 112 valence electrons. The molecule has 2 aromatic heterocycles. The van der Waals surface area contributed by atoms with E-state index >= 15 is 0 Å². The van der Waals surface area contributed by atoms with Crippen LogP contribution in [0.3, 0.4) is 0 Å². The first-order valence-electron chi connectivity index (χ1n) is 6.49. The van der Waals surface area contributed by atoms with Crippen molar-refractivity contribution in [1.29, 1.82) is 0 Å². The van der Waals surface area contributed by atoms with E-state index in [0.717, 1.165) is 16.7 Å². The van der Waals surface area contributed by atoms with Gasteiger partial charge in [0.1, 0.15) is 5.69 Å². The van der Waals surface area contributed by atoms with Crippen molar-refractivity contribution in [2.75, 3.05) is 20.8 Å². The first kappa shape index (κ1) is 15.7. The van der Waals surface area contributed by atoms with Crippen LogP contribution >= 0.6 is 15.9 Å². The van der Waals surface area contributed by atoms with Crippen molar-refractivity contribution in [3.63, 3.8) is 0 Å². The summed E-state index contributed by atoms with van der Waals surface area (Å²) in [5.74, 6) is 0.833. The number of nitrogens with zero attached hydrogens (tertiary/aromatic N) is 3. The number of ether oxygens (including phenoxy) is 2. The molecule has 7 heteroatoms. The summed E-state index contributed by atoms with van der Waals surface area (Å²) < 4.78 is 11.3. The molecule has 2 aromatic rings. The first-order chi connectivity index (χ1) is 10.2. The van der Waals surface area contributed by atoms with Crippen LogP contribution < -0.4 is 14.8 Å². The van der Waals surface area contributed by atoms with Gasteiger partial charge in [-0.2, -0.15) is 4.98 Å². The van der Waals surface area contributed by atoms with Crippen molar-refractivity contribution < 1.29 is 9.47 Å². The van der Waals surface area contributed by atoms with Gasteiger partial charge in [0.2, 0.25) is 11.8 Å². The lowest BCUT2D eigenvalue weighted by molar-refractivity contribution is 0.352. The molecule has 1 unspecified atom stereocenters. The molecule has 21 heavy (non-hydrogen) atoms. The molecule has 0 saturated heterocycles. The van der Waals surface area contributed by atoms with Crippen molar-refractivity contribution in [1.82, 2.24) is 20.3 Å². The third kappa shape index (κ3) is 3.68. The van der Waals surface area contributed by atoms with Gasteiger partial charge in [0.15, 0.2) is 0 Å². The van der Waals surface area contributed by atoms with Gasteiger partial charge >= 0.3 is 0 Å². The van der Waals surface area contributed by atoms with Gasteiger partial charge in [0.05, 0.1) is 32.2 Å².